The van der Waals surface area contributed by atoms with Gasteiger partial charge in [0.2, 0.25) is 0 Å². The topological polar surface area (TPSA) is 0 Å². The first kappa shape index (κ1) is 14.2. The van der Waals surface area contributed by atoms with Crippen LogP contribution in [0.4, 0.5) is 0 Å². The standard InChI is InChI=1S/C14H11.2FH.Zr/c1-10-5-4-8-13-12-7-3-2-6-11(12)9-14(10)13;;;/h2-4,6-8H,9H2,1H3;2*1H;/q;;;+2/p-2. The smallest absolute Gasteiger partial charge is 1.00 e. The summed E-state index contributed by atoms with van der Waals surface area (Å²) in [5.41, 5.74) is 7.42. The molecular weight excluding hydrogens is 297 g/mol. The van der Waals surface area contributed by atoms with E-state index in [1.54, 1.807) is 5.56 Å². The molecule has 1 aliphatic carbocycles. The maximum absolute atomic E-state index is 2.29. The first-order valence-electron chi connectivity index (χ1n) is 5.20. The molecule has 0 N–H and O–H groups in total. The van der Waals surface area contributed by atoms with Crippen molar-refractivity contribution in [3.63, 3.8) is 0 Å². The van der Waals surface area contributed by atoms with Crippen molar-refractivity contribution in [2.45, 2.75) is 13.3 Å². The normalized spacial score (nSPS) is 11.0. The van der Waals surface area contributed by atoms with Crippen molar-refractivity contribution >= 4 is 3.27 Å². The largest absolute Gasteiger partial charge is 1.00 e. The van der Waals surface area contributed by atoms with E-state index in [0.717, 1.165) is 6.42 Å². The fourth-order valence-electron chi connectivity index (χ4n) is 2.36. The SMILES string of the molecule is Cc1[c]([Zr+2])ccc2c1Cc1ccccc1-2.[F-].[F-]. The Bertz CT molecular complexity index is 550. The summed E-state index contributed by atoms with van der Waals surface area (Å²) in [5.74, 6) is 0. The van der Waals surface area contributed by atoms with E-state index in [1.807, 2.05) is 0 Å². The van der Waals surface area contributed by atoms with Gasteiger partial charge in [-0.25, -0.2) is 0 Å². The summed E-state index contributed by atoms with van der Waals surface area (Å²) in [7, 11) is 0. The van der Waals surface area contributed by atoms with Crippen LogP contribution in [0.25, 0.3) is 11.1 Å². The second-order valence-electron chi connectivity index (χ2n) is 4.10. The molecule has 0 fully saturated rings. The number of hydrogen-bond donors (Lipinski definition) is 0. The van der Waals surface area contributed by atoms with Crippen molar-refractivity contribution in [1.29, 1.82) is 0 Å². The van der Waals surface area contributed by atoms with Gasteiger partial charge in [-0.2, -0.15) is 0 Å². The van der Waals surface area contributed by atoms with Crippen molar-refractivity contribution in [3.05, 3.63) is 53.1 Å². The molecule has 0 unspecified atom stereocenters. The molecule has 0 bridgehead atoms. The van der Waals surface area contributed by atoms with Gasteiger partial charge in [0, 0.05) is 0 Å². The monoisotopic (exact) mass is 307 g/mol. The van der Waals surface area contributed by atoms with Crippen LogP contribution < -0.4 is 12.7 Å². The quantitative estimate of drug-likeness (QED) is 0.409. The number of hydrogen-bond acceptors (Lipinski definition) is 0. The second kappa shape index (κ2) is 5.22. The summed E-state index contributed by atoms with van der Waals surface area (Å²) in [6, 6.07) is 13.3. The molecule has 17 heavy (non-hydrogen) atoms. The molecule has 0 saturated carbocycles. The Morgan fingerprint density at radius 2 is 1.65 bits per heavy atom. The van der Waals surface area contributed by atoms with Crippen LogP contribution in [0.5, 0.6) is 0 Å². The fraction of sp³-hybridized carbons (Fsp3) is 0.143. The summed E-state index contributed by atoms with van der Waals surface area (Å²) >= 11 is 1.52. The summed E-state index contributed by atoms with van der Waals surface area (Å²) in [6.45, 7) is 2.26. The predicted octanol–water partition coefficient (Wildman–Crippen LogP) is -3.25. The molecule has 0 amide bonds. The van der Waals surface area contributed by atoms with Gasteiger partial charge in [0.25, 0.3) is 0 Å². The van der Waals surface area contributed by atoms with Crippen molar-refractivity contribution < 1.29 is 34.1 Å². The van der Waals surface area contributed by atoms with E-state index in [4.69, 9.17) is 0 Å². The predicted molar refractivity (Wildman–Crippen MR) is 59.1 cm³/mol. The van der Waals surface area contributed by atoms with Gasteiger partial charge >= 0.3 is 106 Å². The summed E-state index contributed by atoms with van der Waals surface area (Å²) in [4.78, 5) is 0. The van der Waals surface area contributed by atoms with Gasteiger partial charge in [0.1, 0.15) is 0 Å². The van der Waals surface area contributed by atoms with Crippen LogP contribution in [0, 0.1) is 6.92 Å². The van der Waals surface area contributed by atoms with Gasteiger partial charge in [-0.15, -0.1) is 0 Å². The van der Waals surface area contributed by atoms with Crippen LogP contribution in [-0.4, -0.2) is 0 Å². The number of benzene rings is 2. The molecule has 2 aromatic rings. The molecule has 85 valence electrons. The average molecular weight is 308 g/mol. The molecule has 0 aromatic heterocycles. The molecule has 0 nitrogen and oxygen atoms in total. The maximum Gasteiger partial charge on any atom is -1.00 e. The molecule has 0 spiro atoms. The number of rotatable bonds is 0. The maximum atomic E-state index is 2.29. The summed E-state index contributed by atoms with van der Waals surface area (Å²) in [5, 5.41) is 0. The summed E-state index contributed by atoms with van der Waals surface area (Å²) in [6.07, 6.45) is 1.12. The van der Waals surface area contributed by atoms with Crippen LogP contribution in [0.1, 0.15) is 16.7 Å². The first-order chi connectivity index (χ1) is 7.27. The first-order valence-corrected chi connectivity index (χ1v) is 6.42. The van der Waals surface area contributed by atoms with E-state index in [2.05, 4.69) is 43.3 Å². The van der Waals surface area contributed by atoms with Crippen LogP contribution in [0.3, 0.4) is 0 Å². The fourth-order valence-corrected chi connectivity index (χ4v) is 2.94. The molecule has 0 heterocycles. The second-order valence-corrected chi connectivity index (χ2v) is 5.42. The third-order valence-electron chi connectivity index (χ3n) is 3.27. The molecule has 0 radical (unpaired) electrons. The zero-order valence-corrected chi connectivity index (χ0v) is 11.9. The van der Waals surface area contributed by atoms with E-state index >= 15 is 0 Å². The Balaban J connectivity index is 0.000000722. The van der Waals surface area contributed by atoms with Crippen LogP contribution in [-0.2, 0) is 31.1 Å². The van der Waals surface area contributed by atoms with Crippen molar-refractivity contribution in [2.75, 3.05) is 0 Å². The number of halogens is 2. The molecule has 2 aromatic carbocycles. The minimum Gasteiger partial charge on any atom is -1.00 e. The van der Waals surface area contributed by atoms with Crippen LogP contribution >= 0.6 is 0 Å². The molecule has 3 rings (SSSR count). The van der Waals surface area contributed by atoms with E-state index in [9.17, 15) is 0 Å². The van der Waals surface area contributed by atoms with Gasteiger partial charge in [-0.05, 0) is 0 Å². The van der Waals surface area contributed by atoms with Gasteiger partial charge in [0.15, 0.2) is 0 Å². The number of fused-ring (bicyclic) bond motifs is 3. The van der Waals surface area contributed by atoms with Crippen molar-refractivity contribution in [1.82, 2.24) is 0 Å². The Hall–Kier alpha value is -0.817. The van der Waals surface area contributed by atoms with Crippen molar-refractivity contribution in [3.8, 4) is 11.1 Å². The van der Waals surface area contributed by atoms with Gasteiger partial charge in [-0.3, -0.25) is 0 Å². The van der Waals surface area contributed by atoms with Crippen molar-refractivity contribution in [2.24, 2.45) is 0 Å². The van der Waals surface area contributed by atoms with Gasteiger partial charge in [-0.1, -0.05) is 0 Å². The third kappa shape index (κ3) is 2.13. The molecule has 0 atom stereocenters. The Kier molecular flexibility index (Phi) is 4.38. The summed E-state index contributed by atoms with van der Waals surface area (Å²) < 4.78 is 1.49. The average Bonchev–Trinajstić information content (AvgIpc) is 2.63. The van der Waals surface area contributed by atoms with E-state index < -0.39 is 0 Å². The molecule has 0 saturated heterocycles. The third-order valence-corrected chi connectivity index (χ3v) is 4.60. The van der Waals surface area contributed by atoms with Gasteiger partial charge < -0.3 is 9.41 Å². The Morgan fingerprint density at radius 1 is 0.941 bits per heavy atom. The van der Waals surface area contributed by atoms with Crippen LogP contribution in [0.2, 0.25) is 0 Å². The minimum absolute atomic E-state index is 0. The van der Waals surface area contributed by atoms with E-state index in [0.29, 0.717) is 0 Å². The van der Waals surface area contributed by atoms with Crippen LogP contribution in [0.15, 0.2) is 36.4 Å². The van der Waals surface area contributed by atoms with Gasteiger partial charge in [0.05, 0.1) is 0 Å². The van der Waals surface area contributed by atoms with E-state index in [-0.39, 0.29) is 9.41 Å². The molecular formula is C14H11F2Zr. The molecule has 0 aliphatic heterocycles. The minimum atomic E-state index is 0. The zero-order valence-electron chi connectivity index (χ0n) is 9.43. The Morgan fingerprint density at radius 3 is 2.41 bits per heavy atom. The zero-order chi connectivity index (χ0) is 10.4. The molecule has 1 aliphatic rings. The molecule has 3 heteroatoms. The van der Waals surface area contributed by atoms with E-state index in [1.165, 1.54) is 50.2 Å². The Labute approximate surface area is 115 Å².